The Morgan fingerprint density at radius 3 is 2.72 bits per heavy atom. The van der Waals surface area contributed by atoms with Crippen LogP contribution in [0.15, 0.2) is 54.6 Å². The summed E-state index contributed by atoms with van der Waals surface area (Å²) in [5, 5.41) is 3.20. The van der Waals surface area contributed by atoms with Crippen molar-refractivity contribution in [1.82, 2.24) is 10.2 Å². The minimum Gasteiger partial charge on any atom is -0.355 e. The fourth-order valence-corrected chi connectivity index (χ4v) is 4.08. The van der Waals surface area contributed by atoms with E-state index in [0.717, 1.165) is 39.0 Å². The largest absolute Gasteiger partial charge is 0.355 e. The van der Waals surface area contributed by atoms with Gasteiger partial charge in [-0.3, -0.25) is 4.79 Å². The Hall–Kier alpha value is -2.13. The van der Waals surface area contributed by atoms with Crippen LogP contribution < -0.4 is 5.32 Å². The van der Waals surface area contributed by atoms with Crippen LogP contribution in [0.4, 0.5) is 0 Å². The molecular formula is C22H26N2O. The fourth-order valence-electron chi connectivity index (χ4n) is 4.08. The summed E-state index contributed by atoms with van der Waals surface area (Å²) in [6.45, 7) is 4.19. The molecule has 1 N–H and O–H groups in total. The molecule has 1 heterocycles. The van der Waals surface area contributed by atoms with Gasteiger partial charge in [-0.25, -0.2) is 0 Å². The molecule has 0 aromatic heterocycles. The van der Waals surface area contributed by atoms with Gasteiger partial charge in [-0.15, -0.1) is 0 Å². The number of hydrogen-bond donors (Lipinski definition) is 1. The first-order chi connectivity index (χ1) is 12.3. The zero-order valence-electron chi connectivity index (χ0n) is 14.7. The van der Waals surface area contributed by atoms with Crippen molar-refractivity contribution in [3.63, 3.8) is 0 Å². The minimum absolute atomic E-state index is 0.0757. The van der Waals surface area contributed by atoms with E-state index in [1.54, 1.807) is 0 Å². The van der Waals surface area contributed by atoms with E-state index in [1.165, 1.54) is 23.1 Å². The van der Waals surface area contributed by atoms with Gasteiger partial charge in [0.05, 0.1) is 5.92 Å². The number of carbonyl (C=O) groups is 1. The standard InChI is InChI=1S/C22H26N2O/c25-22(21-14-19-8-4-5-9-20(19)21)23-15-18-11-13-24(16-18)12-10-17-6-2-1-3-7-17/h1-9,18,21H,10-16H2,(H,23,25)/t18-,21+/m0/s1. The molecular weight excluding hydrogens is 308 g/mol. The Morgan fingerprint density at radius 1 is 1.08 bits per heavy atom. The average molecular weight is 334 g/mol. The number of nitrogens with zero attached hydrogens (tertiary/aromatic N) is 1. The van der Waals surface area contributed by atoms with E-state index in [1.807, 2.05) is 6.07 Å². The van der Waals surface area contributed by atoms with Crippen molar-refractivity contribution in [3.05, 3.63) is 71.3 Å². The van der Waals surface area contributed by atoms with Crippen molar-refractivity contribution in [2.45, 2.75) is 25.2 Å². The Morgan fingerprint density at radius 2 is 1.88 bits per heavy atom. The lowest BCUT2D eigenvalue weighted by atomic mass is 9.77. The third-order valence-corrected chi connectivity index (χ3v) is 5.67. The molecule has 0 bridgehead atoms. The van der Waals surface area contributed by atoms with Gasteiger partial charge >= 0.3 is 0 Å². The van der Waals surface area contributed by atoms with Crippen LogP contribution in [0.1, 0.15) is 29.0 Å². The normalized spacial score (nSPS) is 22.2. The van der Waals surface area contributed by atoms with Crippen molar-refractivity contribution in [2.24, 2.45) is 5.92 Å². The molecule has 0 spiro atoms. The zero-order valence-corrected chi connectivity index (χ0v) is 14.7. The predicted molar refractivity (Wildman–Crippen MR) is 101 cm³/mol. The second-order valence-corrected chi connectivity index (χ2v) is 7.39. The van der Waals surface area contributed by atoms with Gasteiger partial charge in [0.2, 0.25) is 5.91 Å². The summed E-state index contributed by atoms with van der Waals surface area (Å²) in [5.74, 6) is 0.878. The molecule has 0 saturated carbocycles. The number of hydrogen-bond acceptors (Lipinski definition) is 2. The van der Waals surface area contributed by atoms with Crippen molar-refractivity contribution < 1.29 is 4.79 Å². The average Bonchev–Trinajstić information content (AvgIpc) is 3.08. The van der Waals surface area contributed by atoms with Crippen LogP contribution in [0, 0.1) is 5.92 Å². The SMILES string of the molecule is O=C(NC[C@@H]1CCN(CCc2ccccc2)C1)[C@@H]1Cc2ccccc21. The van der Waals surface area contributed by atoms with E-state index in [-0.39, 0.29) is 11.8 Å². The summed E-state index contributed by atoms with van der Waals surface area (Å²) in [7, 11) is 0. The third-order valence-electron chi connectivity index (χ3n) is 5.67. The number of carbonyl (C=O) groups excluding carboxylic acids is 1. The monoisotopic (exact) mass is 334 g/mol. The lowest BCUT2D eigenvalue weighted by molar-refractivity contribution is -0.123. The van der Waals surface area contributed by atoms with Crippen molar-refractivity contribution in [3.8, 4) is 0 Å². The first kappa shape index (κ1) is 16.3. The Labute approximate surface area is 150 Å². The molecule has 0 radical (unpaired) electrons. The molecule has 3 heteroatoms. The van der Waals surface area contributed by atoms with Crippen LogP contribution in [-0.2, 0) is 17.6 Å². The van der Waals surface area contributed by atoms with Crippen LogP contribution >= 0.6 is 0 Å². The molecule has 130 valence electrons. The number of nitrogens with one attached hydrogen (secondary N) is 1. The van der Waals surface area contributed by atoms with Gasteiger partial charge in [0.25, 0.3) is 0 Å². The quantitative estimate of drug-likeness (QED) is 0.881. The first-order valence-corrected chi connectivity index (χ1v) is 9.41. The van der Waals surface area contributed by atoms with Crippen LogP contribution in [0.25, 0.3) is 0 Å². The van der Waals surface area contributed by atoms with Crippen LogP contribution in [0.2, 0.25) is 0 Å². The second kappa shape index (κ2) is 7.40. The van der Waals surface area contributed by atoms with Crippen molar-refractivity contribution >= 4 is 5.91 Å². The van der Waals surface area contributed by atoms with Crippen molar-refractivity contribution in [1.29, 1.82) is 0 Å². The minimum atomic E-state index is 0.0757. The van der Waals surface area contributed by atoms with E-state index in [0.29, 0.717) is 5.92 Å². The van der Waals surface area contributed by atoms with Gasteiger partial charge in [-0.05, 0) is 48.4 Å². The van der Waals surface area contributed by atoms with Gasteiger partial charge in [-0.1, -0.05) is 54.6 Å². The lowest BCUT2D eigenvalue weighted by Gasteiger charge is -2.29. The highest BCUT2D eigenvalue weighted by atomic mass is 16.1. The highest BCUT2D eigenvalue weighted by Gasteiger charge is 2.32. The Bertz CT molecular complexity index is 728. The molecule has 2 aromatic rings. The molecule has 25 heavy (non-hydrogen) atoms. The van der Waals surface area contributed by atoms with E-state index in [9.17, 15) is 4.79 Å². The molecule has 2 atom stereocenters. The van der Waals surface area contributed by atoms with Gasteiger partial charge in [0.1, 0.15) is 0 Å². The summed E-state index contributed by atoms with van der Waals surface area (Å²) in [4.78, 5) is 14.9. The molecule has 1 fully saturated rings. The van der Waals surface area contributed by atoms with Gasteiger partial charge in [0, 0.05) is 19.6 Å². The molecule has 1 saturated heterocycles. The van der Waals surface area contributed by atoms with E-state index in [4.69, 9.17) is 0 Å². The highest BCUT2D eigenvalue weighted by Crippen LogP contribution is 2.34. The Balaban J connectivity index is 1.19. The molecule has 1 amide bonds. The number of fused-ring (bicyclic) bond motifs is 1. The summed E-state index contributed by atoms with van der Waals surface area (Å²) < 4.78 is 0. The van der Waals surface area contributed by atoms with Crippen LogP contribution in [0.5, 0.6) is 0 Å². The molecule has 4 rings (SSSR count). The first-order valence-electron chi connectivity index (χ1n) is 9.41. The van der Waals surface area contributed by atoms with Gasteiger partial charge < -0.3 is 10.2 Å². The van der Waals surface area contributed by atoms with E-state index < -0.39 is 0 Å². The fraction of sp³-hybridized carbons (Fsp3) is 0.409. The van der Waals surface area contributed by atoms with Gasteiger partial charge in [0.15, 0.2) is 0 Å². The summed E-state index contributed by atoms with van der Waals surface area (Å²) in [6, 6.07) is 19.0. The van der Waals surface area contributed by atoms with E-state index in [2.05, 4.69) is 58.7 Å². The second-order valence-electron chi connectivity index (χ2n) is 7.39. The highest BCUT2D eigenvalue weighted by molar-refractivity contribution is 5.86. The smallest absolute Gasteiger partial charge is 0.227 e. The number of benzene rings is 2. The molecule has 2 aliphatic rings. The molecule has 3 nitrogen and oxygen atoms in total. The Kier molecular flexibility index (Phi) is 4.84. The number of amides is 1. The predicted octanol–water partition coefficient (Wildman–Crippen LogP) is 3.01. The molecule has 2 aromatic carbocycles. The third kappa shape index (κ3) is 3.77. The molecule has 1 aliphatic carbocycles. The summed E-state index contributed by atoms with van der Waals surface area (Å²) >= 11 is 0. The maximum Gasteiger partial charge on any atom is 0.227 e. The molecule has 0 unspecified atom stereocenters. The molecule has 1 aliphatic heterocycles. The van der Waals surface area contributed by atoms with Crippen LogP contribution in [0.3, 0.4) is 0 Å². The summed E-state index contributed by atoms with van der Waals surface area (Å²) in [6.07, 6.45) is 3.20. The van der Waals surface area contributed by atoms with Gasteiger partial charge in [-0.2, -0.15) is 0 Å². The van der Waals surface area contributed by atoms with E-state index >= 15 is 0 Å². The lowest BCUT2D eigenvalue weighted by Crippen LogP contribution is -2.38. The summed E-state index contributed by atoms with van der Waals surface area (Å²) in [5.41, 5.74) is 3.95. The number of rotatable bonds is 6. The maximum atomic E-state index is 12.4. The topological polar surface area (TPSA) is 32.3 Å². The zero-order chi connectivity index (χ0) is 17.1. The van der Waals surface area contributed by atoms with Crippen molar-refractivity contribution in [2.75, 3.05) is 26.2 Å². The number of likely N-dealkylation sites (tertiary alicyclic amines) is 1. The van der Waals surface area contributed by atoms with Crippen LogP contribution in [-0.4, -0.2) is 37.0 Å². The maximum absolute atomic E-state index is 12.4.